The summed E-state index contributed by atoms with van der Waals surface area (Å²) in [6.45, 7) is 5.14. The van der Waals surface area contributed by atoms with Crippen LogP contribution < -0.4 is 0 Å². The third-order valence-electron chi connectivity index (χ3n) is 2.37. The lowest BCUT2D eigenvalue weighted by atomic mass is 10.3. The number of hydrogen-bond acceptors (Lipinski definition) is 3. The number of aromatic nitrogens is 2. The molecule has 96 valence electrons. The zero-order chi connectivity index (χ0) is 12.7. The number of unbranched alkanes of at least 4 members (excludes halogenated alkanes) is 1. The number of aliphatic carboxylic acids is 1. The van der Waals surface area contributed by atoms with Gasteiger partial charge in [0.15, 0.2) is 0 Å². The van der Waals surface area contributed by atoms with E-state index in [4.69, 9.17) is 5.11 Å². The van der Waals surface area contributed by atoms with E-state index in [0.717, 1.165) is 42.9 Å². The second-order valence-electron chi connectivity index (χ2n) is 3.98. The molecule has 1 aromatic rings. The summed E-state index contributed by atoms with van der Waals surface area (Å²) >= 11 is 1.35. The van der Waals surface area contributed by atoms with E-state index in [1.54, 1.807) is 0 Å². The molecular formula is C12H20N2O2S. The van der Waals surface area contributed by atoms with Crippen molar-refractivity contribution in [1.82, 2.24) is 9.78 Å². The molecule has 1 heterocycles. The number of carboxylic acids is 1. The maximum atomic E-state index is 10.6. The topological polar surface area (TPSA) is 55.1 Å². The van der Waals surface area contributed by atoms with Gasteiger partial charge in [0.25, 0.3) is 0 Å². The van der Waals surface area contributed by atoms with Crippen LogP contribution in [0.4, 0.5) is 0 Å². The minimum absolute atomic E-state index is 0.101. The van der Waals surface area contributed by atoms with Crippen molar-refractivity contribution >= 4 is 17.7 Å². The number of nitrogens with zero attached hydrogens (tertiary/aromatic N) is 2. The molecule has 0 aromatic carbocycles. The first kappa shape index (κ1) is 14.1. The zero-order valence-corrected chi connectivity index (χ0v) is 11.3. The van der Waals surface area contributed by atoms with Gasteiger partial charge < -0.3 is 5.11 Å². The molecule has 0 unspecified atom stereocenters. The van der Waals surface area contributed by atoms with Gasteiger partial charge in [0.2, 0.25) is 0 Å². The summed E-state index contributed by atoms with van der Waals surface area (Å²) in [5.41, 5.74) is 1.07. The molecule has 0 radical (unpaired) electrons. The molecule has 5 heteroatoms. The molecule has 0 fully saturated rings. The van der Waals surface area contributed by atoms with Gasteiger partial charge in [0, 0.05) is 6.54 Å². The summed E-state index contributed by atoms with van der Waals surface area (Å²) in [5.74, 6) is -0.682. The van der Waals surface area contributed by atoms with Gasteiger partial charge in [-0.25, -0.2) is 0 Å². The average molecular weight is 256 g/mol. The van der Waals surface area contributed by atoms with E-state index >= 15 is 0 Å². The summed E-state index contributed by atoms with van der Waals surface area (Å²) in [5, 5.41) is 14.2. The number of carboxylic acid groups (broad SMARTS) is 1. The molecule has 0 spiro atoms. The molecule has 0 atom stereocenters. The first-order valence-corrected chi connectivity index (χ1v) is 7.07. The van der Waals surface area contributed by atoms with E-state index in [1.165, 1.54) is 11.8 Å². The van der Waals surface area contributed by atoms with Crippen molar-refractivity contribution in [3.8, 4) is 0 Å². The molecule has 1 aromatic heterocycles. The lowest BCUT2D eigenvalue weighted by Crippen LogP contribution is -2.04. The Labute approximate surface area is 106 Å². The minimum atomic E-state index is -0.782. The van der Waals surface area contributed by atoms with E-state index in [1.807, 2.05) is 10.7 Å². The number of aryl methyl sites for hydroxylation is 2. The lowest BCUT2D eigenvalue weighted by molar-refractivity contribution is -0.133. The van der Waals surface area contributed by atoms with Crippen molar-refractivity contribution in [3.05, 3.63) is 11.8 Å². The van der Waals surface area contributed by atoms with Gasteiger partial charge in [-0.3, -0.25) is 9.48 Å². The minimum Gasteiger partial charge on any atom is -0.481 e. The summed E-state index contributed by atoms with van der Waals surface area (Å²) in [6.07, 6.45) is 4.22. The molecule has 0 bridgehead atoms. The van der Waals surface area contributed by atoms with Crippen molar-refractivity contribution < 1.29 is 9.90 Å². The molecule has 1 rings (SSSR count). The summed E-state index contributed by atoms with van der Waals surface area (Å²) < 4.78 is 1.95. The largest absolute Gasteiger partial charge is 0.481 e. The molecule has 1 N–H and O–H groups in total. The number of hydrogen-bond donors (Lipinski definition) is 1. The highest BCUT2D eigenvalue weighted by Gasteiger charge is 2.09. The fraction of sp³-hybridized carbons (Fsp3) is 0.667. The molecule has 17 heavy (non-hydrogen) atoms. The first-order chi connectivity index (χ1) is 8.17. The van der Waals surface area contributed by atoms with Crippen LogP contribution in [0.2, 0.25) is 0 Å². The Bertz CT molecular complexity index is 363. The zero-order valence-electron chi connectivity index (χ0n) is 10.5. The summed E-state index contributed by atoms with van der Waals surface area (Å²) in [4.78, 5) is 10.6. The highest BCUT2D eigenvalue weighted by Crippen LogP contribution is 2.20. The fourth-order valence-electron chi connectivity index (χ4n) is 1.55. The molecule has 0 aliphatic rings. The van der Waals surface area contributed by atoms with E-state index in [2.05, 4.69) is 18.9 Å². The Morgan fingerprint density at radius 1 is 1.47 bits per heavy atom. The Morgan fingerprint density at radius 3 is 2.82 bits per heavy atom. The Kier molecular flexibility index (Phi) is 6.11. The predicted molar refractivity (Wildman–Crippen MR) is 69.5 cm³/mol. The van der Waals surface area contributed by atoms with Gasteiger partial charge in [-0.05, 0) is 18.9 Å². The van der Waals surface area contributed by atoms with Crippen LogP contribution in [0.1, 0.15) is 38.8 Å². The van der Waals surface area contributed by atoms with Gasteiger partial charge in [-0.15, -0.1) is 0 Å². The van der Waals surface area contributed by atoms with Crippen LogP contribution in [-0.2, 0) is 17.8 Å². The second kappa shape index (κ2) is 7.37. The van der Waals surface area contributed by atoms with Gasteiger partial charge in [-0.1, -0.05) is 38.5 Å². The Hall–Kier alpha value is -0.970. The average Bonchev–Trinajstić information content (AvgIpc) is 2.66. The standard InChI is InChI=1S/C12H20N2O2S/c1-3-5-7-14-11(17-9-12(15)16)8-10(13-14)6-4-2/h8H,3-7,9H2,1-2H3,(H,15,16). The quantitative estimate of drug-likeness (QED) is 0.727. The second-order valence-corrected chi connectivity index (χ2v) is 4.98. The maximum Gasteiger partial charge on any atom is 0.313 e. The number of rotatable bonds is 8. The van der Waals surface area contributed by atoms with Gasteiger partial charge in [0.05, 0.1) is 16.5 Å². The Morgan fingerprint density at radius 2 is 2.24 bits per heavy atom. The molecular weight excluding hydrogens is 236 g/mol. The van der Waals surface area contributed by atoms with E-state index in [-0.39, 0.29) is 5.75 Å². The monoisotopic (exact) mass is 256 g/mol. The highest BCUT2D eigenvalue weighted by atomic mass is 32.2. The Balaban J connectivity index is 2.71. The lowest BCUT2D eigenvalue weighted by Gasteiger charge is -2.04. The SMILES string of the molecule is CCCCn1nc(CCC)cc1SCC(=O)O. The van der Waals surface area contributed by atoms with Crippen molar-refractivity contribution in [3.63, 3.8) is 0 Å². The number of carbonyl (C=O) groups is 1. The summed E-state index contributed by atoms with van der Waals surface area (Å²) in [7, 11) is 0. The molecule has 0 saturated carbocycles. The third-order valence-corrected chi connectivity index (χ3v) is 3.38. The molecule has 0 aliphatic heterocycles. The van der Waals surface area contributed by atoms with Gasteiger partial charge in [0.1, 0.15) is 0 Å². The smallest absolute Gasteiger partial charge is 0.313 e. The van der Waals surface area contributed by atoms with E-state index in [0.29, 0.717) is 0 Å². The molecule has 0 saturated heterocycles. The predicted octanol–water partition coefficient (Wildman–Crippen LogP) is 2.81. The van der Waals surface area contributed by atoms with Crippen LogP contribution in [0.25, 0.3) is 0 Å². The van der Waals surface area contributed by atoms with Crippen LogP contribution in [0.15, 0.2) is 11.1 Å². The summed E-state index contributed by atoms with van der Waals surface area (Å²) in [6, 6.07) is 2.02. The van der Waals surface area contributed by atoms with Crippen LogP contribution >= 0.6 is 11.8 Å². The first-order valence-electron chi connectivity index (χ1n) is 6.08. The van der Waals surface area contributed by atoms with E-state index in [9.17, 15) is 4.79 Å². The van der Waals surface area contributed by atoms with Crippen LogP contribution in [0.3, 0.4) is 0 Å². The van der Waals surface area contributed by atoms with Crippen molar-refractivity contribution in [1.29, 1.82) is 0 Å². The van der Waals surface area contributed by atoms with Crippen molar-refractivity contribution in [2.24, 2.45) is 0 Å². The normalized spacial score (nSPS) is 10.7. The molecule has 0 amide bonds. The highest BCUT2D eigenvalue weighted by molar-refractivity contribution is 7.99. The van der Waals surface area contributed by atoms with Crippen LogP contribution in [-0.4, -0.2) is 26.6 Å². The van der Waals surface area contributed by atoms with Crippen molar-refractivity contribution in [2.45, 2.75) is 51.1 Å². The van der Waals surface area contributed by atoms with Crippen LogP contribution in [0, 0.1) is 0 Å². The van der Waals surface area contributed by atoms with Gasteiger partial charge >= 0.3 is 5.97 Å². The van der Waals surface area contributed by atoms with E-state index < -0.39 is 5.97 Å². The fourth-order valence-corrected chi connectivity index (χ4v) is 2.32. The third kappa shape index (κ3) is 4.81. The maximum absolute atomic E-state index is 10.6. The van der Waals surface area contributed by atoms with Crippen LogP contribution in [0.5, 0.6) is 0 Å². The number of thioether (sulfide) groups is 1. The molecule has 4 nitrogen and oxygen atoms in total. The van der Waals surface area contributed by atoms with Crippen molar-refractivity contribution in [2.75, 3.05) is 5.75 Å². The van der Waals surface area contributed by atoms with Gasteiger partial charge in [-0.2, -0.15) is 5.10 Å². The molecule has 0 aliphatic carbocycles.